The van der Waals surface area contributed by atoms with Crippen molar-refractivity contribution in [1.82, 2.24) is 0 Å². The molecule has 0 aliphatic rings. The van der Waals surface area contributed by atoms with Crippen molar-refractivity contribution in [3.05, 3.63) is 127 Å². The van der Waals surface area contributed by atoms with Crippen LogP contribution in [0.3, 0.4) is 0 Å². The van der Waals surface area contributed by atoms with Gasteiger partial charge in [0.05, 0.1) is 18.0 Å². The first-order valence-corrected chi connectivity index (χ1v) is 15.8. The van der Waals surface area contributed by atoms with E-state index in [9.17, 15) is 4.46 Å². The van der Waals surface area contributed by atoms with E-state index in [0.29, 0.717) is 5.92 Å². The molecule has 0 amide bonds. The van der Waals surface area contributed by atoms with E-state index in [0.717, 1.165) is 5.92 Å². The SMILES string of the molecule is C.C.C.C.C.C.CC(C)C.CC(C)c1ccccc1.CO[Si](C)=O.[Cl-].c1ccc([S+](c2ccccc2)c2ccccc2)cc1. The molecule has 252 valence electrons. The highest BCUT2D eigenvalue weighted by atomic mass is 35.5. The zero-order chi connectivity index (χ0) is 27.5. The third-order valence-electron chi connectivity index (χ3n) is 4.69. The van der Waals surface area contributed by atoms with Crippen molar-refractivity contribution in [2.75, 3.05) is 7.11 Å². The van der Waals surface area contributed by atoms with Crippen molar-refractivity contribution in [2.45, 2.75) is 106 Å². The standard InChI is InChI=1S/C18H15S.C9H12.C4H10.C2H6O2Si.6CH4.ClH/c1-4-10-16(11-5-1)19(17-12-6-2-7-13-17)18-14-8-3-9-15-18;1-8(2)9-6-4-3-5-7-9;1-4(2)3;1-4-5(2)3;;;;;;;/h1-15H;3-8H,1-2H3;4H,1-3H3;1-2H3;6*1H4;1H/q+1;;;;;;;;;;/p-1. The van der Waals surface area contributed by atoms with Crippen LogP contribution in [0.1, 0.15) is 90.7 Å². The van der Waals surface area contributed by atoms with Crippen LogP contribution in [0.4, 0.5) is 0 Å². The van der Waals surface area contributed by atoms with Crippen molar-refractivity contribution in [3.8, 4) is 0 Å². The fourth-order valence-corrected chi connectivity index (χ4v) is 5.02. The Morgan fingerprint density at radius 3 is 0.886 bits per heavy atom. The van der Waals surface area contributed by atoms with E-state index < -0.39 is 8.93 Å². The molecule has 0 spiro atoms. The van der Waals surface area contributed by atoms with E-state index in [4.69, 9.17) is 0 Å². The molecule has 0 radical (unpaired) electrons. The van der Waals surface area contributed by atoms with E-state index in [-0.39, 0.29) is 67.9 Å². The minimum atomic E-state index is -1.62. The van der Waals surface area contributed by atoms with E-state index >= 15 is 0 Å². The molecule has 0 unspecified atom stereocenters. The number of benzene rings is 4. The van der Waals surface area contributed by atoms with Gasteiger partial charge in [-0.1, -0.05) is 164 Å². The van der Waals surface area contributed by atoms with Gasteiger partial charge in [0.25, 0.3) is 0 Å². The van der Waals surface area contributed by atoms with Crippen molar-refractivity contribution in [3.63, 3.8) is 0 Å². The fraction of sp³-hybridized carbons (Fsp3) is 0.385. The monoisotopic (exact) mass is 662 g/mol. The van der Waals surface area contributed by atoms with Gasteiger partial charge in [0.2, 0.25) is 0 Å². The Morgan fingerprint density at radius 2 is 0.727 bits per heavy atom. The van der Waals surface area contributed by atoms with Crippen molar-refractivity contribution in [1.29, 1.82) is 0 Å². The zero-order valence-corrected chi connectivity index (χ0v) is 26.4. The maximum absolute atomic E-state index is 9.78. The summed E-state index contributed by atoms with van der Waals surface area (Å²) in [6, 6.07) is 42.7. The van der Waals surface area contributed by atoms with E-state index in [1.807, 2.05) is 6.07 Å². The minimum Gasteiger partial charge on any atom is -1.00 e. The summed E-state index contributed by atoms with van der Waals surface area (Å²) in [4.78, 5) is 4.08. The maximum Gasteiger partial charge on any atom is 0.498 e. The first kappa shape index (κ1) is 57.0. The van der Waals surface area contributed by atoms with Crippen LogP contribution >= 0.6 is 0 Å². The second-order valence-corrected chi connectivity index (χ2v) is 12.7. The Bertz CT molecular complexity index is 997. The Kier molecular flexibility index (Phi) is 45.1. The van der Waals surface area contributed by atoms with Gasteiger partial charge in [0.15, 0.2) is 14.7 Å². The van der Waals surface area contributed by atoms with Crippen LogP contribution < -0.4 is 12.4 Å². The molecule has 0 aliphatic carbocycles. The molecule has 4 aromatic carbocycles. The van der Waals surface area contributed by atoms with E-state index in [2.05, 4.69) is 154 Å². The Labute approximate surface area is 286 Å². The van der Waals surface area contributed by atoms with Crippen LogP contribution in [0.15, 0.2) is 136 Å². The predicted molar refractivity (Wildman–Crippen MR) is 202 cm³/mol. The predicted octanol–water partition coefficient (Wildman–Crippen LogP) is 10.3. The average Bonchev–Trinajstić information content (AvgIpc) is 2.92. The fourth-order valence-electron chi connectivity index (χ4n) is 2.92. The number of hydrogen-bond donors (Lipinski definition) is 0. The zero-order valence-electron chi connectivity index (χ0n) is 23.8. The molecule has 44 heavy (non-hydrogen) atoms. The molecule has 0 aliphatic heterocycles. The maximum atomic E-state index is 9.78. The summed E-state index contributed by atoms with van der Waals surface area (Å²) < 4.78 is 14.1. The van der Waals surface area contributed by atoms with Crippen LogP contribution in [0.25, 0.3) is 0 Å². The Hall–Kier alpha value is -2.66. The lowest BCUT2D eigenvalue weighted by atomic mass is 10.0. The van der Waals surface area contributed by atoms with Crippen molar-refractivity contribution >= 4 is 19.8 Å². The first-order chi connectivity index (χ1) is 17.8. The van der Waals surface area contributed by atoms with Gasteiger partial charge in [-0.05, 0) is 53.8 Å². The Morgan fingerprint density at radius 1 is 0.523 bits per heavy atom. The number of halogens is 1. The van der Waals surface area contributed by atoms with Gasteiger partial charge in [-0.2, -0.15) is 0 Å². The van der Waals surface area contributed by atoms with Crippen molar-refractivity contribution in [2.24, 2.45) is 5.92 Å². The van der Waals surface area contributed by atoms with Gasteiger partial charge in [-0.25, -0.2) is 0 Å². The molecule has 0 bridgehead atoms. The van der Waals surface area contributed by atoms with Crippen LogP contribution in [-0.4, -0.2) is 16.0 Å². The summed E-state index contributed by atoms with van der Waals surface area (Å²) in [6.45, 7) is 12.5. The van der Waals surface area contributed by atoms with Crippen molar-refractivity contribution < 1.29 is 21.3 Å². The van der Waals surface area contributed by atoms with E-state index in [1.54, 1.807) is 6.55 Å². The quantitative estimate of drug-likeness (QED) is 0.157. The average molecular weight is 664 g/mol. The number of hydrogen-bond acceptors (Lipinski definition) is 2. The lowest BCUT2D eigenvalue weighted by Crippen LogP contribution is -3.00. The number of rotatable bonds is 5. The first-order valence-electron chi connectivity index (χ1n) is 12.7. The van der Waals surface area contributed by atoms with Crippen LogP contribution in [0.2, 0.25) is 6.55 Å². The van der Waals surface area contributed by atoms with Gasteiger partial charge < -0.3 is 21.3 Å². The van der Waals surface area contributed by atoms with Gasteiger partial charge in [0.1, 0.15) is 0 Å². The highest BCUT2D eigenvalue weighted by Gasteiger charge is 2.27. The summed E-state index contributed by atoms with van der Waals surface area (Å²) in [5, 5.41) is 0. The molecule has 0 aromatic heterocycles. The third-order valence-corrected chi connectivity index (χ3v) is 7.50. The normalized spacial score (nSPS) is 8.23. The Balaban J connectivity index is -0.0000000943. The highest BCUT2D eigenvalue weighted by molar-refractivity contribution is 7.97. The molecular formula is C39H67ClO2SSi. The summed E-state index contributed by atoms with van der Waals surface area (Å²) in [5.74, 6) is 1.49. The molecule has 4 aromatic rings. The van der Waals surface area contributed by atoms with Gasteiger partial charge in [-0.3, -0.25) is 0 Å². The second-order valence-electron chi connectivity index (χ2n) is 9.24. The lowest BCUT2D eigenvalue weighted by molar-refractivity contribution is -0.0000125. The van der Waals surface area contributed by atoms with Crippen LogP contribution in [0, 0.1) is 5.92 Å². The van der Waals surface area contributed by atoms with Gasteiger partial charge >= 0.3 is 8.93 Å². The van der Waals surface area contributed by atoms with Gasteiger partial charge in [-0.15, -0.1) is 0 Å². The summed E-state index contributed by atoms with van der Waals surface area (Å²) in [5.41, 5.74) is 1.41. The summed E-state index contributed by atoms with van der Waals surface area (Å²) >= 11 is 0. The molecule has 4 rings (SSSR count). The largest absolute Gasteiger partial charge is 1.00 e. The smallest absolute Gasteiger partial charge is 0.498 e. The lowest BCUT2D eigenvalue weighted by Gasteiger charge is -2.07. The summed E-state index contributed by atoms with van der Waals surface area (Å²) in [7, 11) is -0.207. The molecule has 0 fully saturated rings. The molecule has 0 atom stereocenters. The molecule has 0 saturated heterocycles. The highest BCUT2D eigenvalue weighted by Crippen LogP contribution is 2.30. The topological polar surface area (TPSA) is 26.3 Å². The second kappa shape index (κ2) is 34.8. The third kappa shape index (κ3) is 25.8. The molecular weight excluding hydrogens is 596 g/mol. The molecule has 0 heterocycles. The van der Waals surface area contributed by atoms with Gasteiger partial charge in [0, 0.05) is 6.55 Å². The molecule has 0 saturated carbocycles. The van der Waals surface area contributed by atoms with E-state index in [1.165, 1.54) is 27.4 Å². The summed E-state index contributed by atoms with van der Waals surface area (Å²) in [6.07, 6.45) is 0. The molecule has 5 heteroatoms. The van der Waals surface area contributed by atoms with Crippen LogP contribution in [0.5, 0.6) is 0 Å². The van der Waals surface area contributed by atoms with Crippen LogP contribution in [-0.2, 0) is 19.8 Å². The molecule has 0 N–H and O–H groups in total. The minimum absolute atomic E-state index is 0. The molecule has 2 nitrogen and oxygen atoms in total.